The molecule has 1 saturated heterocycles. The van der Waals surface area contributed by atoms with E-state index in [2.05, 4.69) is 17.4 Å². The van der Waals surface area contributed by atoms with Gasteiger partial charge in [0.15, 0.2) is 0 Å². The molecule has 1 aliphatic heterocycles. The molecule has 0 atom stereocenters. The fourth-order valence-corrected chi connectivity index (χ4v) is 3.60. The van der Waals surface area contributed by atoms with Crippen LogP contribution in [0.15, 0.2) is 66.9 Å². The largest absolute Gasteiger partial charge is 0.381 e. The second kappa shape index (κ2) is 9.89. The van der Waals surface area contributed by atoms with E-state index in [1.54, 1.807) is 0 Å². The molecule has 1 fully saturated rings. The number of benzene rings is 2. The number of carbonyl (C=O) groups is 1. The van der Waals surface area contributed by atoms with E-state index in [0.29, 0.717) is 39.1 Å². The number of nitrogens with zero attached hydrogens (tertiary/aromatic N) is 2. The van der Waals surface area contributed by atoms with Crippen molar-refractivity contribution in [1.82, 2.24) is 15.1 Å². The van der Waals surface area contributed by atoms with Crippen LogP contribution in [-0.4, -0.2) is 34.4 Å². The molecule has 6 nitrogen and oxygen atoms in total. The Morgan fingerprint density at radius 3 is 2.37 bits per heavy atom. The fraction of sp³-hybridized carbons (Fsp3) is 0.304. The average molecular weight is 427 g/mol. The van der Waals surface area contributed by atoms with Gasteiger partial charge in [0, 0.05) is 37.1 Å². The quantitative estimate of drug-likeness (QED) is 0.634. The first-order valence-electron chi connectivity index (χ1n) is 9.95. The molecule has 0 unspecified atom stereocenters. The molecule has 1 aliphatic rings. The van der Waals surface area contributed by atoms with Gasteiger partial charge in [-0.05, 0) is 18.4 Å². The summed E-state index contributed by atoms with van der Waals surface area (Å²) in [4.78, 5) is 12.7. The maximum absolute atomic E-state index is 12.7. The molecule has 2 heterocycles. The topological polar surface area (TPSA) is 82.2 Å². The molecule has 0 radical (unpaired) electrons. The van der Waals surface area contributed by atoms with E-state index in [1.807, 2.05) is 59.4 Å². The zero-order valence-electron chi connectivity index (χ0n) is 16.8. The van der Waals surface area contributed by atoms with Gasteiger partial charge in [-0.1, -0.05) is 60.7 Å². The fourth-order valence-electron chi connectivity index (χ4n) is 3.60. The summed E-state index contributed by atoms with van der Waals surface area (Å²) in [6, 6.07) is 20.2. The Kier molecular flexibility index (Phi) is 7.26. The average Bonchev–Trinajstić information content (AvgIpc) is 3.16. The van der Waals surface area contributed by atoms with Gasteiger partial charge in [0.2, 0.25) is 5.91 Å². The second-order valence-electron chi connectivity index (χ2n) is 7.50. The molecule has 158 valence electrons. The standard InChI is InChI=1S/C23H26N4O2.ClH/c24-23(11-13-29-14-12-23)22(28)25-15-20-17-27(16-18-7-3-1-4-8-18)26-21(20)19-9-5-2-6-10-19;/h1-10,17H,11-16,24H2,(H,25,28);1H. The van der Waals surface area contributed by atoms with Gasteiger partial charge < -0.3 is 15.8 Å². The monoisotopic (exact) mass is 426 g/mol. The minimum Gasteiger partial charge on any atom is -0.381 e. The van der Waals surface area contributed by atoms with Crippen LogP contribution < -0.4 is 11.1 Å². The third kappa shape index (κ3) is 5.08. The van der Waals surface area contributed by atoms with E-state index in [-0.39, 0.29) is 18.3 Å². The van der Waals surface area contributed by atoms with Gasteiger partial charge in [0.05, 0.1) is 17.8 Å². The van der Waals surface area contributed by atoms with Crippen molar-refractivity contribution in [3.8, 4) is 11.3 Å². The minimum absolute atomic E-state index is 0. The predicted molar refractivity (Wildman–Crippen MR) is 119 cm³/mol. The van der Waals surface area contributed by atoms with Crippen molar-refractivity contribution in [2.75, 3.05) is 13.2 Å². The lowest BCUT2D eigenvalue weighted by Gasteiger charge is -2.31. The summed E-state index contributed by atoms with van der Waals surface area (Å²) in [6.45, 7) is 2.10. The van der Waals surface area contributed by atoms with Crippen molar-refractivity contribution in [3.05, 3.63) is 78.0 Å². The number of rotatable bonds is 6. The lowest BCUT2D eigenvalue weighted by atomic mass is 9.90. The van der Waals surface area contributed by atoms with Crippen molar-refractivity contribution < 1.29 is 9.53 Å². The highest BCUT2D eigenvalue weighted by Gasteiger charge is 2.35. The highest BCUT2D eigenvalue weighted by atomic mass is 35.5. The summed E-state index contributed by atoms with van der Waals surface area (Å²) in [5.74, 6) is -0.129. The van der Waals surface area contributed by atoms with Crippen LogP contribution in [0.3, 0.4) is 0 Å². The van der Waals surface area contributed by atoms with Crippen LogP contribution in [0.5, 0.6) is 0 Å². The van der Waals surface area contributed by atoms with Crippen LogP contribution in [0, 0.1) is 0 Å². The third-order valence-electron chi connectivity index (χ3n) is 5.35. The van der Waals surface area contributed by atoms with Gasteiger partial charge >= 0.3 is 0 Å². The van der Waals surface area contributed by atoms with Crippen LogP contribution in [0.2, 0.25) is 0 Å². The Labute approximate surface area is 182 Å². The normalized spacial score (nSPS) is 15.2. The van der Waals surface area contributed by atoms with Gasteiger partial charge in [-0.3, -0.25) is 9.48 Å². The van der Waals surface area contributed by atoms with E-state index >= 15 is 0 Å². The number of hydrogen-bond donors (Lipinski definition) is 2. The maximum Gasteiger partial charge on any atom is 0.240 e. The first kappa shape index (κ1) is 22.0. The minimum atomic E-state index is -0.856. The molecule has 3 N–H and O–H groups in total. The smallest absolute Gasteiger partial charge is 0.240 e. The van der Waals surface area contributed by atoms with Crippen LogP contribution in [0.1, 0.15) is 24.0 Å². The Morgan fingerprint density at radius 2 is 1.70 bits per heavy atom. The number of amides is 1. The van der Waals surface area contributed by atoms with E-state index in [0.717, 1.165) is 16.8 Å². The number of carbonyl (C=O) groups excluding carboxylic acids is 1. The number of halogens is 1. The van der Waals surface area contributed by atoms with Crippen molar-refractivity contribution in [1.29, 1.82) is 0 Å². The summed E-state index contributed by atoms with van der Waals surface area (Å²) >= 11 is 0. The van der Waals surface area contributed by atoms with E-state index in [9.17, 15) is 4.79 Å². The van der Waals surface area contributed by atoms with Crippen LogP contribution in [0.4, 0.5) is 0 Å². The molecule has 3 aromatic rings. The number of nitrogens with one attached hydrogen (secondary N) is 1. The molecular formula is C23H27ClN4O2. The molecule has 2 aromatic carbocycles. The van der Waals surface area contributed by atoms with Crippen molar-refractivity contribution in [2.24, 2.45) is 5.73 Å². The zero-order valence-corrected chi connectivity index (χ0v) is 17.6. The first-order valence-corrected chi connectivity index (χ1v) is 9.95. The van der Waals surface area contributed by atoms with E-state index < -0.39 is 5.54 Å². The maximum atomic E-state index is 12.7. The molecule has 7 heteroatoms. The molecule has 1 aromatic heterocycles. The Balaban J connectivity index is 0.00000256. The highest BCUT2D eigenvalue weighted by molar-refractivity contribution is 5.86. The molecule has 30 heavy (non-hydrogen) atoms. The van der Waals surface area contributed by atoms with Gasteiger partial charge in [-0.2, -0.15) is 5.10 Å². The Bertz CT molecular complexity index is 954. The van der Waals surface area contributed by atoms with Crippen LogP contribution in [0.25, 0.3) is 11.3 Å². The first-order chi connectivity index (χ1) is 14.1. The second-order valence-corrected chi connectivity index (χ2v) is 7.50. The number of hydrogen-bond acceptors (Lipinski definition) is 4. The lowest BCUT2D eigenvalue weighted by Crippen LogP contribution is -2.56. The highest BCUT2D eigenvalue weighted by Crippen LogP contribution is 2.23. The molecule has 0 bridgehead atoms. The summed E-state index contributed by atoms with van der Waals surface area (Å²) in [7, 11) is 0. The van der Waals surface area contributed by atoms with Gasteiger partial charge in [0.1, 0.15) is 0 Å². The van der Waals surface area contributed by atoms with Crippen molar-refractivity contribution in [2.45, 2.75) is 31.5 Å². The van der Waals surface area contributed by atoms with Crippen molar-refractivity contribution in [3.63, 3.8) is 0 Å². The molecule has 0 spiro atoms. The molecular weight excluding hydrogens is 400 g/mol. The molecule has 0 saturated carbocycles. The van der Waals surface area contributed by atoms with Gasteiger partial charge in [-0.25, -0.2) is 0 Å². The zero-order chi connectivity index (χ0) is 20.1. The van der Waals surface area contributed by atoms with Crippen LogP contribution >= 0.6 is 12.4 Å². The number of ether oxygens (including phenoxy) is 1. The van der Waals surface area contributed by atoms with E-state index in [4.69, 9.17) is 15.6 Å². The van der Waals surface area contributed by atoms with Gasteiger partial charge in [-0.15, -0.1) is 12.4 Å². The summed E-state index contributed by atoms with van der Waals surface area (Å²) in [6.07, 6.45) is 3.08. The SMILES string of the molecule is Cl.NC1(C(=O)NCc2cn(Cc3ccccc3)nc2-c2ccccc2)CCOCC1. The molecule has 0 aliphatic carbocycles. The summed E-state index contributed by atoms with van der Waals surface area (Å²) < 4.78 is 7.26. The van der Waals surface area contributed by atoms with Gasteiger partial charge in [0.25, 0.3) is 0 Å². The predicted octanol–water partition coefficient (Wildman–Crippen LogP) is 3.14. The third-order valence-corrected chi connectivity index (χ3v) is 5.35. The number of aromatic nitrogens is 2. The van der Waals surface area contributed by atoms with E-state index in [1.165, 1.54) is 5.56 Å². The molecule has 1 amide bonds. The Hall–Kier alpha value is -2.67. The summed E-state index contributed by atoms with van der Waals surface area (Å²) in [5.41, 5.74) is 9.50. The summed E-state index contributed by atoms with van der Waals surface area (Å²) in [5, 5.41) is 7.82. The van der Waals surface area contributed by atoms with Crippen molar-refractivity contribution >= 4 is 18.3 Å². The van der Waals surface area contributed by atoms with Crippen LogP contribution in [-0.2, 0) is 22.6 Å². The molecule has 4 rings (SSSR count). The Morgan fingerprint density at radius 1 is 1.07 bits per heavy atom. The lowest BCUT2D eigenvalue weighted by molar-refractivity contribution is -0.129. The number of nitrogens with two attached hydrogens (primary N) is 1.